The number of anilines is 1. The van der Waals surface area contributed by atoms with Crippen LogP contribution in [0.15, 0.2) is 48.5 Å². The summed E-state index contributed by atoms with van der Waals surface area (Å²) >= 11 is 0. The number of hydrogen-bond donors (Lipinski definition) is 1. The maximum Gasteiger partial charge on any atom is 0.248 e. The molecule has 3 rings (SSSR count). The lowest BCUT2D eigenvalue weighted by Crippen LogP contribution is -2.09. The average Bonchev–Trinajstić information content (AvgIpc) is 2.97. The Morgan fingerprint density at radius 3 is 1.41 bits per heavy atom. The van der Waals surface area contributed by atoms with Gasteiger partial charge in [-0.15, -0.1) is 0 Å². The molecule has 0 saturated carbocycles. The Bertz CT molecular complexity index is 1310. The number of benzene rings is 3. The average molecular weight is 536 g/mol. The molecule has 0 radical (unpaired) electrons. The smallest absolute Gasteiger partial charge is 0.248 e. The van der Waals surface area contributed by atoms with Gasteiger partial charge in [0.2, 0.25) is 17.4 Å². The quantitative estimate of drug-likeness (QED) is 0.238. The summed E-state index contributed by atoms with van der Waals surface area (Å²) in [7, 11) is 10.8. The summed E-state index contributed by atoms with van der Waals surface area (Å²) in [4.78, 5) is 12.8. The number of amides is 1. The molecule has 9 heteroatoms. The van der Waals surface area contributed by atoms with Crippen molar-refractivity contribution in [1.82, 2.24) is 0 Å². The molecule has 0 bridgehead atoms. The lowest BCUT2D eigenvalue weighted by molar-refractivity contribution is -0.111. The van der Waals surface area contributed by atoms with Gasteiger partial charge in [0.25, 0.3) is 0 Å². The van der Waals surface area contributed by atoms with E-state index in [2.05, 4.69) is 5.32 Å². The van der Waals surface area contributed by atoms with Crippen LogP contribution in [0.4, 0.5) is 5.69 Å². The first-order chi connectivity index (χ1) is 18.9. The highest BCUT2D eigenvalue weighted by atomic mass is 16.5. The van der Waals surface area contributed by atoms with Crippen LogP contribution in [0.2, 0.25) is 0 Å². The highest BCUT2D eigenvalue weighted by Gasteiger charge is 2.14. The molecule has 39 heavy (non-hydrogen) atoms. The highest BCUT2D eigenvalue weighted by Crippen LogP contribution is 2.39. The number of hydrogen-bond acceptors (Lipinski definition) is 8. The molecule has 3 aromatic rings. The van der Waals surface area contributed by atoms with Crippen molar-refractivity contribution in [1.29, 1.82) is 0 Å². The largest absolute Gasteiger partial charge is 0.495 e. The molecule has 0 heterocycles. The molecule has 0 saturated heterocycles. The van der Waals surface area contributed by atoms with E-state index in [1.807, 2.05) is 36.4 Å². The number of methoxy groups -OCH3 is 7. The van der Waals surface area contributed by atoms with Crippen LogP contribution in [0.3, 0.4) is 0 Å². The van der Waals surface area contributed by atoms with Gasteiger partial charge in [-0.3, -0.25) is 4.79 Å². The molecule has 3 aromatic carbocycles. The lowest BCUT2D eigenvalue weighted by atomic mass is 10.1. The molecular weight excluding hydrogens is 502 g/mol. The third-order valence-corrected chi connectivity index (χ3v) is 5.75. The molecule has 0 atom stereocenters. The summed E-state index contributed by atoms with van der Waals surface area (Å²) in [5, 5.41) is 2.87. The van der Waals surface area contributed by atoms with Gasteiger partial charge in [-0.1, -0.05) is 18.2 Å². The Morgan fingerprint density at radius 2 is 0.974 bits per heavy atom. The molecule has 0 spiro atoms. The van der Waals surface area contributed by atoms with Crippen LogP contribution in [0.25, 0.3) is 18.2 Å². The van der Waals surface area contributed by atoms with E-state index in [9.17, 15) is 4.79 Å². The van der Waals surface area contributed by atoms with Gasteiger partial charge in [0.05, 0.1) is 55.5 Å². The molecule has 1 amide bonds. The van der Waals surface area contributed by atoms with Crippen LogP contribution in [0, 0.1) is 0 Å². The first-order valence-corrected chi connectivity index (χ1v) is 11.9. The predicted molar refractivity (Wildman–Crippen MR) is 152 cm³/mol. The van der Waals surface area contributed by atoms with Gasteiger partial charge >= 0.3 is 0 Å². The summed E-state index contributed by atoms with van der Waals surface area (Å²) in [6, 6.07) is 12.7. The first kappa shape index (κ1) is 28.8. The molecule has 1 N–H and O–H groups in total. The second-order valence-electron chi connectivity index (χ2n) is 8.03. The van der Waals surface area contributed by atoms with Crippen molar-refractivity contribution < 1.29 is 38.0 Å². The van der Waals surface area contributed by atoms with Crippen LogP contribution >= 0.6 is 0 Å². The third kappa shape index (κ3) is 6.95. The number of nitrogens with one attached hydrogen (secondary N) is 1. The van der Waals surface area contributed by atoms with E-state index in [0.717, 1.165) is 11.1 Å². The van der Waals surface area contributed by atoms with Crippen molar-refractivity contribution in [3.8, 4) is 40.2 Å². The fraction of sp³-hybridized carbons (Fsp3) is 0.233. The Labute approximate surface area is 228 Å². The molecule has 0 aliphatic carbocycles. The van der Waals surface area contributed by atoms with Crippen molar-refractivity contribution in [3.05, 3.63) is 65.2 Å². The summed E-state index contributed by atoms with van der Waals surface area (Å²) in [6.45, 7) is 0. The summed E-state index contributed by atoms with van der Waals surface area (Å²) in [5.74, 6) is 3.27. The highest BCUT2D eigenvalue weighted by molar-refractivity contribution is 6.03. The zero-order valence-electron chi connectivity index (χ0n) is 23.1. The summed E-state index contributed by atoms with van der Waals surface area (Å²) < 4.78 is 37.8. The van der Waals surface area contributed by atoms with E-state index in [0.29, 0.717) is 51.5 Å². The van der Waals surface area contributed by atoms with Crippen LogP contribution in [-0.2, 0) is 4.79 Å². The Balaban J connectivity index is 1.83. The van der Waals surface area contributed by atoms with Crippen molar-refractivity contribution >= 4 is 29.8 Å². The molecular formula is C30H33NO8. The normalized spacial score (nSPS) is 10.8. The van der Waals surface area contributed by atoms with Gasteiger partial charge in [0.15, 0.2) is 23.0 Å². The van der Waals surface area contributed by atoms with E-state index in [1.165, 1.54) is 27.4 Å². The molecule has 0 aliphatic rings. The Morgan fingerprint density at radius 1 is 0.538 bits per heavy atom. The molecule has 206 valence electrons. The predicted octanol–water partition coefficient (Wildman–Crippen LogP) is 5.57. The van der Waals surface area contributed by atoms with Gasteiger partial charge in [-0.25, -0.2) is 0 Å². The zero-order valence-corrected chi connectivity index (χ0v) is 23.1. The molecule has 0 aromatic heterocycles. The fourth-order valence-electron chi connectivity index (χ4n) is 3.86. The van der Waals surface area contributed by atoms with E-state index in [4.69, 9.17) is 33.2 Å². The van der Waals surface area contributed by atoms with Gasteiger partial charge < -0.3 is 38.5 Å². The van der Waals surface area contributed by atoms with Crippen LogP contribution in [0.1, 0.15) is 16.7 Å². The Kier molecular flexibility index (Phi) is 10.1. The second kappa shape index (κ2) is 13.7. The van der Waals surface area contributed by atoms with Crippen LogP contribution in [0.5, 0.6) is 40.2 Å². The standard InChI is InChI=1S/C30H33NO8/c1-33-23-12-10-19(8-9-20-15-24(34-2)29(38-6)25(16-20)35-3)14-22(23)31-28(32)13-11-21-17-26(36-4)30(39-7)27(18-21)37-5/h8-18H,1-7H3,(H,31,32)/b9-8-,13-11+. The summed E-state index contributed by atoms with van der Waals surface area (Å²) in [6.07, 6.45) is 6.88. The molecule has 0 aliphatic heterocycles. The van der Waals surface area contributed by atoms with Gasteiger partial charge in [0.1, 0.15) is 5.75 Å². The SMILES string of the molecule is COc1ccc(/C=C\c2cc(OC)c(OC)c(OC)c2)cc1NC(=O)/C=C/c1cc(OC)c(OC)c(OC)c1. The van der Waals surface area contributed by atoms with Crippen LogP contribution in [-0.4, -0.2) is 55.7 Å². The second-order valence-corrected chi connectivity index (χ2v) is 8.03. The van der Waals surface area contributed by atoms with Crippen molar-refractivity contribution in [2.45, 2.75) is 0 Å². The maximum atomic E-state index is 12.8. The maximum absolute atomic E-state index is 12.8. The zero-order chi connectivity index (χ0) is 28.4. The van der Waals surface area contributed by atoms with Gasteiger partial charge in [-0.2, -0.15) is 0 Å². The number of carbonyl (C=O) groups excluding carboxylic acids is 1. The van der Waals surface area contributed by atoms with Crippen molar-refractivity contribution in [2.75, 3.05) is 55.1 Å². The van der Waals surface area contributed by atoms with Gasteiger partial charge in [0, 0.05) is 6.08 Å². The van der Waals surface area contributed by atoms with Crippen molar-refractivity contribution in [2.24, 2.45) is 0 Å². The lowest BCUT2D eigenvalue weighted by Gasteiger charge is -2.13. The fourth-order valence-corrected chi connectivity index (χ4v) is 3.86. The number of ether oxygens (including phenoxy) is 7. The van der Waals surface area contributed by atoms with E-state index in [-0.39, 0.29) is 5.91 Å². The minimum absolute atomic E-state index is 0.340. The molecule has 0 unspecified atom stereocenters. The first-order valence-electron chi connectivity index (χ1n) is 11.9. The minimum Gasteiger partial charge on any atom is -0.495 e. The molecule has 9 nitrogen and oxygen atoms in total. The number of rotatable bonds is 12. The topological polar surface area (TPSA) is 93.7 Å². The Hall–Kier alpha value is -4.79. The van der Waals surface area contributed by atoms with E-state index in [1.54, 1.807) is 52.7 Å². The van der Waals surface area contributed by atoms with Gasteiger partial charge in [-0.05, 0) is 59.2 Å². The van der Waals surface area contributed by atoms with Crippen molar-refractivity contribution in [3.63, 3.8) is 0 Å². The minimum atomic E-state index is -0.340. The van der Waals surface area contributed by atoms with E-state index < -0.39 is 0 Å². The summed E-state index contributed by atoms with van der Waals surface area (Å²) in [5.41, 5.74) is 2.91. The van der Waals surface area contributed by atoms with E-state index >= 15 is 0 Å². The third-order valence-electron chi connectivity index (χ3n) is 5.75. The monoisotopic (exact) mass is 535 g/mol. The number of carbonyl (C=O) groups is 1. The van der Waals surface area contributed by atoms with Crippen LogP contribution < -0.4 is 38.5 Å². The molecule has 0 fully saturated rings.